The van der Waals surface area contributed by atoms with Gasteiger partial charge in [0.15, 0.2) is 11.6 Å². The summed E-state index contributed by atoms with van der Waals surface area (Å²) in [5.74, 6) is -1.90. The third-order valence-electron chi connectivity index (χ3n) is 5.12. The molecule has 1 fully saturated rings. The predicted molar refractivity (Wildman–Crippen MR) is 120 cm³/mol. The molecule has 0 saturated carbocycles. The minimum absolute atomic E-state index is 0.00000168. The van der Waals surface area contributed by atoms with Gasteiger partial charge in [0.2, 0.25) is 0 Å². The molecular formula is C23H19ClF2N2O3S. The van der Waals surface area contributed by atoms with Crippen LogP contribution in [0.1, 0.15) is 32.9 Å². The monoisotopic (exact) mass is 476 g/mol. The molecule has 4 rings (SSSR count). The van der Waals surface area contributed by atoms with Gasteiger partial charge in [-0.1, -0.05) is 17.7 Å². The first-order valence-corrected chi connectivity index (χ1v) is 11.2. The number of likely N-dealkylation sites (tertiary alicyclic amines) is 1. The molecule has 5 nitrogen and oxygen atoms in total. The van der Waals surface area contributed by atoms with E-state index in [4.69, 9.17) is 16.3 Å². The highest BCUT2D eigenvalue weighted by Gasteiger charge is 2.26. The molecule has 0 bridgehead atoms. The van der Waals surface area contributed by atoms with Crippen molar-refractivity contribution < 1.29 is 23.1 Å². The topological polar surface area (TPSA) is 58.6 Å². The van der Waals surface area contributed by atoms with Gasteiger partial charge < -0.3 is 15.0 Å². The zero-order valence-electron chi connectivity index (χ0n) is 16.8. The average Bonchev–Trinajstić information content (AvgIpc) is 3.32. The Labute approximate surface area is 192 Å². The lowest BCUT2D eigenvalue weighted by Gasteiger charge is -2.32. The van der Waals surface area contributed by atoms with Crippen LogP contribution in [0.3, 0.4) is 0 Å². The van der Waals surface area contributed by atoms with Crippen molar-refractivity contribution in [1.82, 2.24) is 4.90 Å². The van der Waals surface area contributed by atoms with Crippen LogP contribution in [0, 0.1) is 11.6 Å². The fraction of sp³-hybridized carbons (Fsp3) is 0.217. The molecule has 1 aromatic heterocycles. The normalized spacial score (nSPS) is 14.3. The van der Waals surface area contributed by atoms with E-state index >= 15 is 0 Å². The molecule has 2 heterocycles. The molecule has 2 amide bonds. The number of hydrogen-bond donors (Lipinski definition) is 1. The maximum Gasteiger partial charge on any atom is 0.265 e. The van der Waals surface area contributed by atoms with Crippen LogP contribution < -0.4 is 10.1 Å². The van der Waals surface area contributed by atoms with Crippen molar-refractivity contribution in [2.24, 2.45) is 0 Å². The van der Waals surface area contributed by atoms with Crippen LogP contribution in [0.2, 0.25) is 5.02 Å². The standard InChI is InChI=1S/C23H19ClF2N2O3S/c24-17-5-3-14(12-19(17)27-22(29)21-2-1-11-32-21)23(30)28-9-7-16(8-10-28)31-20-6-4-15(25)13-18(20)26/h1-6,11-13,16H,7-10H2,(H,27,29). The average molecular weight is 477 g/mol. The van der Waals surface area contributed by atoms with Crippen molar-refractivity contribution in [3.8, 4) is 5.75 Å². The highest BCUT2D eigenvalue weighted by molar-refractivity contribution is 7.12. The number of anilines is 1. The molecule has 0 spiro atoms. The summed E-state index contributed by atoms with van der Waals surface area (Å²) in [5, 5.41) is 4.87. The first-order valence-electron chi connectivity index (χ1n) is 9.96. The number of thiophene rings is 1. The van der Waals surface area contributed by atoms with Crippen LogP contribution in [0.15, 0.2) is 53.9 Å². The Morgan fingerprint density at radius 2 is 1.88 bits per heavy atom. The Kier molecular flexibility index (Phi) is 6.72. The lowest BCUT2D eigenvalue weighted by atomic mass is 10.1. The summed E-state index contributed by atoms with van der Waals surface area (Å²) < 4.78 is 32.5. The fourth-order valence-electron chi connectivity index (χ4n) is 3.46. The van der Waals surface area contributed by atoms with Crippen molar-refractivity contribution in [3.63, 3.8) is 0 Å². The second kappa shape index (κ2) is 9.67. The molecular weight excluding hydrogens is 458 g/mol. The molecule has 9 heteroatoms. The first-order chi connectivity index (χ1) is 15.4. The van der Waals surface area contributed by atoms with Gasteiger partial charge in [0.25, 0.3) is 11.8 Å². The van der Waals surface area contributed by atoms with E-state index in [0.29, 0.717) is 47.1 Å². The zero-order chi connectivity index (χ0) is 22.7. The van der Waals surface area contributed by atoms with E-state index < -0.39 is 11.6 Å². The van der Waals surface area contributed by atoms with Gasteiger partial charge >= 0.3 is 0 Å². The third-order valence-corrected chi connectivity index (χ3v) is 6.32. The number of halogens is 3. The van der Waals surface area contributed by atoms with Gasteiger partial charge in [-0.3, -0.25) is 9.59 Å². The van der Waals surface area contributed by atoms with Gasteiger partial charge in [-0.2, -0.15) is 0 Å². The Bertz CT molecular complexity index is 1130. The molecule has 3 aromatic rings. The maximum absolute atomic E-state index is 13.8. The van der Waals surface area contributed by atoms with Gasteiger partial charge in [-0.15, -0.1) is 11.3 Å². The molecule has 0 radical (unpaired) electrons. The molecule has 2 aromatic carbocycles. The Morgan fingerprint density at radius 1 is 1.09 bits per heavy atom. The number of nitrogens with one attached hydrogen (secondary N) is 1. The van der Waals surface area contributed by atoms with Crippen molar-refractivity contribution in [3.05, 3.63) is 81.0 Å². The summed E-state index contributed by atoms with van der Waals surface area (Å²) in [6.45, 7) is 0.845. The number of benzene rings is 2. The second-order valence-corrected chi connectivity index (χ2v) is 8.67. The molecule has 1 aliphatic rings. The van der Waals surface area contributed by atoms with E-state index in [1.165, 1.54) is 17.4 Å². The summed E-state index contributed by atoms with van der Waals surface area (Å²) in [7, 11) is 0. The number of amides is 2. The summed E-state index contributed by atoms with van der Waals surface area (Å²) in [6, 6.07) is 11.4. The van der Waals surface area contributed by atoms with E-state index in [9.17, 15) is 18.4 Å². The van der Waals surface area contributed by atoms with Crippen LogP contribution in [0.4, 0.5) is 14.5 Å². The highest BCUT2D eigenvalue weighted by Crippen LogP contribution is 2.27. The van der Waals surface area contributed by atoms with E-state index in [2.05, 4.69) is 5.32 Å². The number of ether oxygens (including phenoxy) is 1. The maximum atomic E-state index is 13.8. The Morgan fingerprint density at radius 3 is 2.56 bits per heavy atom. The van der Waals surface area contributed by atoms with E-state index in [1.54, 1.807) is 40.6 Å². The van der Waals surface area contributed by atoms with Gasteiger partial charge in [0.05, 0.1) is 15.6 Å². The zero-order valence-corrected chi connectivity index (χ0v) is 18.4. The second-order valence-electron chi connectivity index (χ2n) is 7.31. The van der Waals surface area contributed by atoms with Crippen LogP contribution in [0.5, 0.6) is 5.75 Å². The molecule has 1 aliphatic heterocycles. The van der Waals surface area contributed by atoms with Crippen LogP contribution in [-0.2, 0) is 0 Å². The van der Waals surface area contributed by atoms with Gasteiger partial charge in [-0.25, -0.2) is 8.78 Å². The molecule has 32 heavy (non-hydrogen) atoms. The predicted octanol–water partition coefficient (Wildman–Crippen LogP) is 5.62. The minimum Gasteiger partial charge on any atom is -0.487 e. The highest BCUT2D eigenvalue weighted by atomic mass is 35.5. The largest absolute Gasteiger partial charge is 0.487 e. The minimum atomic E-state index is -0.748. The van der Waals surface area contributed by atoms with Gasteiger partial charge in [-0.05, 0) is 41.8 Å². The van der Waals surface area contributed by atoms with Crippen molar-refractivity contribution in [1.29, 1.82) is 0 Å². The van der Waals surface area contributed by atoms with Gasteiger partial charge in [0, 0.05) is 37.6 Å². The number of carbonyl (C=O) groups excluding carboxylic acids is 2. The molecule has 1 N–H and O–H groups in total. The number of carbonyl (C=O) groups is 2. The molecule has 1 saturated heterocycles. The molecule has 0 atom stereocenters. The lowest BCUT2D eigenvalue weighted by Crippen LogP contribution is -2.41. The Hall–Kier alpha value is -2.97. The number of nitrogens with zero attached hydrogens (tertiary/aromatic N) is 1. The SMILES string of the molecule is O=C(Nc1cc(C(=O)N2CCC(Oc3ccc(F)cc3F)CC2)ccc1Cl)c1cccs1. The molecule has 0 aliphatic carbocycles. The summed E-state index contributed by atoms with van der Waals surface area (Å²) in [5.41, 5.74) is 0.765. The van der Waals surface area contributed by atoms with Crippen molar-refractivity contribution in [2.75, 3.05) is 18.4 Å². The van der Waals surface area contributed by atoms with E-state index in [-0.39, 0.29) is 23.7 Å². The van der Waals surface area contributed by atoms with Crippen molar-refractivity contribution >= 4 is 40.4 Å². The van der Waals surface area contributed by atoms with E-state index in [1.807, 2.05) is 0 Å². The number of hydrogen-bond acceptors (Lipinski definition) is 4. The summed E-state index contributed by atoms with van der Waals surface area (Å²) in [6.07, 6.45) is 0.751. The van der Waals surface area contributed by atoms with Gasteiger partial charge in [0.1, 0.15) is 11.9 Å². The van der Waals surface area contributed by atoms with E-state index in [0.717, 1.165) is 12.1 Å². The Balaban J connectivity index is 1.38. The van der Waals surface area contributed by atoms with Crippen LogP contribution >= 0.6 is 22.9 Å². The van der Waals surface area contributed by atoms with Crippen LogP contribution in [-0.4, -0.2) is 35.9 Å². The van der Waals surface area contributed by atoms with Crippen molar-refractivity contribution in [2.45, 2.75) is 18.9 Å². The third kappa shape index (κ3) is 5.08. The van der Waals surface area contributed by atoms with Crippen LogP contribution in [0.25, 0.3) is 0 Å². The smallest absolute Gasteiger partial charge is 0.265 e. The lowest BCUT2D eigenvalue weighted by molar-refractivity contribution is 0.0588. The molecule has 166 valence electrons. The summed E-state index contributed by atoms with van der Waals surface area (Å²) in [4.78, 5) is 27.5. The molecule has 0 unspecified atom stereocenters. The summed E-state index contributed by atoms with van der Waals surface area (Å²) >= 11 is 7.51. The number of piperidine rings is 1. The first kappa shape index (κ1) is 22.2. The quantitative estimate of drug-likeness (QED) is 0.520. The fourth-order valence-corrected chi connectivity index (χ4v) is 4.24. The number of rotatable bonds is 5.